The second-order valence-corrected chi connectivity index (χ2v) is 5.96. The van der Waals surface area contributed by atoms with Gasteiger partial charge in [0.2, 0.25) is 5.91 Å². The molecule has 0 fully saturated rings. The summed E-state index contributed by atoms with van der Waals surface area (Å²) >= 11 is 0. The minimum absolute atomic E-state index is 0. The predicted octanol–water partition coefficient (Wildman–Crippen LogP) is 3.91. The summed E-state index contributed by atoms with van der Waals surface area (Å²) in [5.74, 6) is 0.990. The van der Waals surface area contributed by atoms with E-state index in [0.717, 1.165) is 30.7 Å². The van der Waals surface area contributed by atoms with E-state index in [0.29, 0.717) is 19.6 Å². The Balaban J connectivity index is 0.00000312. The first-order chi connectivity index (χ1) is 11.6. The molecular weight excluding hydrogens is 336 g/mol. The largest absolute Gasteiger partial charge is 0.494 e. The Bertz CT molecular complexity index is 644. The Hall–Kier alpha value is -2.20. The van der Waals surface area contributed by atoms with Gasteiger partial charge in [-0.25, -0.2) is 0 Å². The van der Waals surface area contributed by atoms with Crippen molar-refractivity contribution >= 4 is 24.0 Å². The molecule has 0 atom stereocenters. The number of hydrogen-bond donors (Lipinski definition) is 2. The monoisotopic (exact) mass is 362 g/mol. The Labute approximate surface area is 156 Å². The summed E-state index contributed by atoms with van der Waals surface area (Å²) in [7, 11) is 0. The van der Waals surface area contributed by atoms with Gasteiger partial charge in [0.05, 0.1) is 6.61 Å². The maximum absolute atomic E-state index is 11.8. The number of hydrogen-bond acceptors (Lipinski definition) is 3. The van der Waals surface area contributed by atoms with Crippen LogP contribution >= 0.6 is 12.4 Å². The number of benzene rings is 2. The van der Waals surface area contributed by atoms with Gasteiger partial charge in [0.25, 0.3) is 0 Å². The van der Waals surface area contributed by atoms with Crippen molar-refractivity contribution in [1.29, 1.82) is 0 Å². The first kappa shape index (κ1) is 20.8. The van der Waals surface area contributed by atoms with Crippen LogP contribution < -0.4 is 15.8 Å². The van der Waals surface area contributed by atoms with E-state index in [2.05, 4.69) is 5.32 Å². The minimum Gasteiger partial charge on any atom is -0.494 e. The lowest BCUT2D eigenvalue weighted by atomic mass is 10.1. The highest BCUT2D eigenvalue weighted by Crippen LogP contribution is 2.13. The molecule has 25 heavy (non-hydrogen) atoms. The Morgan fingerprint density at radius 1 is 1.12 bits per heavy atom. The lowest BCUT2D eigenvalue weighted by Crippen LogP contribution is -2.25. The maximum Gasteiger partial charge on any atom is 0.220 e. The van der Waals surface area contributed by atoms with Crippen molar-refractivity contribution in [2.45, 2.75) is 32.6 Å². The molecule has 4 nitrogen and oxygen atoms in total. The smallest absolute Gasteiger partial charge is 0.220 e. The number of amides is 1. The summed E-state index contributed by atoms with van der Waals surface area (Å²) < 4.78 is 5.68. The highest BCUT2D eigenvalue weighted by Gasteiger charge is 2.01. The molecule has 1 amide bonds. The lowest BCUT2D eigenvalue weighted by molar-refractivity contribution is -0.121. The van der Waals surface area contributed by atoms with Crippen molar-refractivity contribution in [1.82, 2.24) is 5.32 Å². The van der Waals surface area contributed by atoms with Crippen LogP contribution in [0.4, 0.5) is 5.69 Å². The summed E-state index contributed by atoms with van der Waals surface area (Å²) in [5.41, 5.74) is 8.77. The van der Waals surface area contributed by atoms with Crippen molar-refractivity contribution < 1.29 is 9.53 Å². The number of anilines is 1. The molecule has 0 aromatic heterocycles. The summed E-state index contributed by atoms with van der Waals surface area (Å²) in [6, 6.07) is 15.7. The molecule has 0 saturated carbocycles. The molecule has 0 aliphatic rings. The molecule has 2 rings (SSSR count). The van der Waals surface area contributed by atoms with Crippen molar-refractivity contribution in [3.05, 3.63) is 59.7 Å². The number of ether oxygens (including phenoxy) is 1. The van der Waals surface area contributed by atoms with Crippen molar-refractivity contribution in [3.8, 4) is 5.75 Å². The second kappa shape index (κ2) is 11.4. The number of carbonyl (C=O) groups excluding carboxylic acids is 1. The van der Waals surface area contributed by atoms with E-state index in [1.807, 2.05) is 55.5 Å². The van der Waals surface area contributed by atoms with Gasteiger partial charge < -0.3 is 15.8 Å². The molecule has 2 aromatic carbocycles. The molecule has 5 heteroatoms. The van der Waals surface area contributed by atoms with Gasteiger partial charge in [0.1, 0.15) is 5.75 Å². The Kier molecular flexibility index (Phi) is 9.48. The van der Waals surface area contributed by atoms with Gasteiger partial charge in [-0.1, -0.05) is 24.3 Å². The topological polar surface area (TPSA) is 64.3 Å². The lowest BCUT2D eigenvalue weighted by Gasteiger charge is -2.07. The van der Waals surface area contributed by atoms with Crippen LogP contribution in [-0.2, 0) is 11.2 Å². The molecule has 136 valence electrons. The number of carbonyl (C=O) groups is 1. The minimum atomic E-state index is 0. The molecule has 0 spiro atoms. The highest BCUT2D eigenvalue weighted by molar-refractivity contribution is 5.85. The van der Waals surface area contributed by atoms with E-state index >= 15 is 0 Å². The normalized spacial score (nSPS) is 9.96. The third-order valence-electron chi connectivity index (χ3n) is 3.77. The van der Waals surface area contributed by atoms with Crippen LogP contribution in [0.1, 0.15) is 30.4 Å². The van der Waals surface area contributed by atoms with E-state index in [1.54, 1.807) is 0 Å². The van der Waals surface area contributed by atoms with Crippen LogP contribution in [0.5, 0.6) is 5.75 Å². The van der Waals surface area contributed by atoms with Crippen LogP contribution in [0, 0.1) is 6.92 Å². The number of nitrogens with one attached hydrogen (secondary N) is 1. The van der Waals surface area contributed by atoms with Crippen LogP contribution in [0.3, 0.4) is 0 Å². The molecule has 2 aromatic rings. The van der Waals surface area contributed by atoms with Crippen LogP contribution in [0.2, 0.25) is 0 Å². The SMILES string of the molecule is Cc1cccc(OCCCCC(=O)NCCc2ccc(N)cc2)c1.Cl. The van der Waals surface area contributed by atoms with Gasteiger partial charge >= 0.3 is 0 Å². The van der Waals surface area contributed by atoms with Gasteiger partial charge in [-0.05, 0) is 61.6 Å². The first-order valence-corrected chi connectivity index (χ1v) is 8.44. The van der Waals surface area contributed by atoms with Gasteiger partial charge in [-0.15, -0.1) is 12.4 Å². The van der Waals surface area contributed by atoms with Crippen molar-refractivity contribution in [3.63, 3.8) is 0 Å². The average Bonchev–Trinajstić information content (AvgIpc) is 2.56. The number of halogens is 1. The fourth-order valence-corrected chi connectivity index (χ4v) is 2.40. The molecule has 0 aliphatic carbocycles. The van der Waals surface area contributed by atoms with E-state index < -0.39 is 0 Å². The number of rotatable bonds is 9. The second-order valence-electron chi connectivity index (χ2n) is 5.96. The Morgan fingerprint density at radius 3 is 2.60 bits per heavy atom. The molecule has 0 unspecified atom stereocenters. The predicted molar refractivity (Wildman–Crippen MR) is 105 cm³/mol. The fourth-order valence-electron chi connectivity index (χ4n) is 2.40. The number of nitrogen functional groups attached to an aromatic ring is 1. The third kappa shape index (κ3) is 8.45. The third-order valence-corrected chi connectivity index (χ3v) is 3.77. The number of unbranched alkanes of at least 4 members (excludes halogenated alkanes) is 1. The van der Waals surface area contributed by atoms with E-state index in [-0.39, 0.29) is 18.3 Å². The van der Waals surface area contributed by atoms with E-state index in [9.17, 15) is 4.79 Å². The Morgan fingerprint density at radius 2 is 1.88 bits per heavy atom. The van der Waals surface area contributed by atoms with E-state index in [1.165, 1.54) is 11.1 Å². The summed E-state index contributed by atoms with van der Waals surface area (Å²) in [6.07, 6.45) is 3.07. The number of nitrogens with two attached hydrogens (primary N) is 1. The highest BCUT2D eigenvalue weighted by atomic mass is 35.5. The van der Waals surface area contributed by atoms with Gasteiger partial charge in [-0.3, -0.25) is 4.79 Å². The van der Waals surface area contributed by atoms with Crippen molar-refractivity contribution in [2.75, 3.05) is 18.9 Å². The quantitative estimate of drug-likeness (QED) is 0.525. The molecule has 3 N–H and O–H groups in total. The number of aryl methyl sites for hydroxylation is 1. The zero-order valence-corrected chi connectivity index (χ0v) is 15.5. The van der Waals surface area contributed by atoms with Crippen LogP contribution in [0.25, 0.3) is 0 Å². The van der Waals surface area contributed by atoms with Crippen LogP contribution in [0.15, 0.2) is 48.5 Å². The molecule has 0 heterocycles. The maximum atomic E-state index is 11.8. The summed E-state index contributed by atoms with van der Waals surface area (Å²) in [6.45, 7) is 3.34. The van der Waals surface area contributed by atoms with Gasteiger partial charge in [0.15, 0.2) is 0 Å². The van der Waals surface area contributed by atoms with Gasteiger partial charge in [-0.2, -0.15) is 0 Å². The van der Waals surface area contributed by atoms with E-state index in [4.69, 9.17) is 10.5 Å². The molecule has 0 radical (unpaired) electrons. The van der Waals surface area contributed by atoms with Crippen molar-refractivity contribution in [2.24, 2.45) is 0 Å². The average molecular weight is 363 g/mol. The molecular formula is C20H27ClN2O2. The zero-order valence-electron chi connectivity index (χ0n) is 14.7. The molecule has 0 aliphatic heterocycles. The fraction of sp³-hybridized carbons (Fsp3) is 0.350. The molecule has 0 bridgehead atoms. The summed E-state index contributed by atoms with van der Waals surface area (Å²) in [5, 5.41) is 2.95. The summed E-state index contributed by atoms with van der Waals surface area (Å²) in [4.78, 5) is 11.8. The molecule has 0 saturated heterocycles. The van der Waals surface area contributed by atoms with Gasteiger partial charge in [0, 0.05) is 18.7 Å². The first-order valence-electron chi connectivity index (χ1n) is 8.44. The zero-order chi connectivity index (χ0) is 17.2. The standard InChI is InChI=1S/C20H26N2O2.ClH/c1-16-5-4-6-19(15-16)24-14-3-2-7-20(23)22-13-12-17-8-10-18(21)11-9-17;/h4-6,8-11,15H,2-3,7,12-14,21H2,1H3,(H,22,23);1H. The van der Waals surface area contributed by atoms with Crippen LogP contribution in [-0.4, -0.2) is 19.1 Å².